The lowest BCUT2D eigenvalue weighted by atomic mass is 10.2. The molecular formula is C21H22ClN5O3S. The van der Waals surface area contributed by atoms with Crippen molar-refractivity contribution in [2.45, 2.75) is 25.2 Å². The number of carbonyl (C=O) groups is 2. The van der Waals surface area contributed by atoms with Crippen molar-refractivity contribution in [2.24, 2.45) is 0 Å². The number of amides is 2. The molecule has 0 spiro atoms. The molecule has 1 aromatic heterocycles. The molecule has 1 heterocycles. The highest BCUT2D eigenvalue weighted by molar-refractivity contribution is 7.99. The van der Waals surface area contributed by atoms with Crippen LogP contribution in [-0.4, -0.2) is 39.4 Å². The highest BCUT2D eigenvalue weighted by Gasteiger charge is 2.15. The summed E-state index contributed by atoms with van der Waals surface area (Å²) in [6.07, 6.45) is 0. The van der Waals surface area contributed by atoms with E-state index in [4.69, 9.17) is 16.3 Å². The molecule has 0 unspecified atom stereocenters. The predicted octanol–water partition coefficient (Wildman–Crippen LogP) is 3.62. The van der Waals surface area contributed by atoms with Gasteiger partial charge < -0.3 is 19.9 Å². The normalized spacial score (nSPS) is 10.5. The minimum atomic E-state index is -0.219. The van der Waals surface area contributed by atoms with Gasteiger partial charge in [-0.1, -0.05) is 29.4 Å². The molecule has 0 aliphatic carbocycles. The molecule has 31 heavy (non-hydrogen) atoms. The largest absolute Gasteiger partial charge is 0.497 e. The van der Waals surface area contributed by atoms with Gasteiger partial charge in [0.1, 0.15) is 5.75 Å². The van der Waals surface area contributed by atoms with Crippen LogP contribution in [-0.2, 0) is 17.9 Å². The topological polar surface area (TPSA) is 98.1 Å². The molecule has 0 fully saturated rings. The molecule has 0 saturated carbocycles. The molecule has 0 aliphatic heterocycles. The van der Waals surface area contributed by atoms with Crippen LogP contribution in [0.5, 0.6) is 5.75 Å². The highest BCUT2D eigenvalue weighted by Crippen LogP contribution is 2.19. The van der Waals surface area contributed by atoms with E-state index in [1.165, 1.54) is 11.8 Å². The van der Waals surface area contributed by atoms with Gasteiger partial charge >= 0.3 is 0 Å². The zero-order valence-corrected chi connectivity index (χ0v) is 18.7. The van der Waals surface area contributed by atoms with Crippen molar-refractivity contribution in [3.05, 3.63) is 64.9 Å². The number of ether oxygens (including phenoxy) is 1. The maximum Gasteiger partial charge on any atom is 0.251 e. The predicted molar refractivity (Wildman–Crippen MR) is 121 cm³/mol. The van der Waals surface area contributed by atoms with Gasteiger partial charge in [0.05, 0.1) is 19.4 Å². The number of nitrogens with one attached hydrogen (secondary N) is 2. The fourth-order valence-corrected chi connectivity index (χ4v) is 3.78. The molecule has 10 heteroatoms. The van der Waals surface area contributed by atoms with Crippen LogP contribution < -0.4 is 15.4 Å². The monoisotopic (exact) mass is 459 g/mol. The Morgan fingerprint density at radius 3 is 2.61 bits per heavy atom. The Morgan fingerprint density at radius 1 is 1.16 bits per heavy atom. The Bertz CT molecular complexity index is 1060. The minimum Gasteiger partial charge on any atom is -0.497 e. The van der Waals surface area contributed by atoms with Gasteiger partial charge in [0.25, 0.3) is 5.91 Å². The molecule has 8 nitrogen and oxygen atoms in total. The number of benzene rings is 2. The van der Waals surface area contributed by atoms with Crippen molar-refractivity contribution in [1.29, 1.82) is 0 Å². The molecule has 0 radical (unpaired) electrons. The third-order valence-corrected chi connectivity index (χ3v) is 5.51. The van der Waals surface area contributed by atoms with E-state index in [1.54, 1.807) is 55.6 Å². The number of nitrogens with zero attached hydrogens (tertiary/aromatic N) is 3. The number of halogens is 1. The zero-order valence-electron chi connectivity index (χ0n) is 17.1. The number of thioether (sulfide) groups is 1. The van der Waals surface area contributed by atoms with E-state index in [2.05, 4.69) is 20.8 Å². The summed E-state index contributed by atoms with van der Waals surface area (Å²) in [5.74, 6) is 1.07. The second-order valence-electron chi connectivity index (χ2n) is 6.40. The van der Waals surface area contributed by atoms with Gasteiger partial charge in [0, 0.05) is 22.8 Å². The van der Waals surface area contributed by atoms with Gasteiger partial charge in [-0.05, 0) is 49.4 Å². The first kappa shape index (κ1) is 22.6. The maximum absolute atomic E-state index is 12.4. The standard InChI is InChI=1S/C21H22ClN5O3S/c1-3-27-18(12-23-20(29)14-7-9-17(30-2)10-8-14)25-26-21(27)31-13-19(28)24-16-6-4-5-15(22)11-16/h4-11H,3,12-13H2,1-2H3,(H,23,29)(H,24,28). The number of hydrogen-bond donors (Lipinski definition) is 2. The van der Waals surface area contributed by atoms with Crippen LogP contribution in [0.1, 0.15) is 23.1 Å². The molecule has 162 valence electrons. The van der Waals surface area contributed by atoms with E-state index in [-0.39, 0.29) is 24.1 Å². The van der Waals surface area contributed by atoms with Crippen molar-refractivity contribution in [3.63, 3.8) is 0 Å². The van der Waals surface area contributed by atoms with E-state index in [0.717, 1.165) is 0 Å². The first-order valence-corrected chi connectivity index (χ1v) is 10.9. The Balaban J connectivity index is 1.55. The Hall–Kier alpha value is -3.04. The molecule has 0 aliphatic rings. The van der Waals surface area contributed by atoms with Gasteiger partial charge in [0.15, 0.2) is 11.0 Å². The van der Waals surface area contributed by atoms with E-state index in [1.807, 2.05) is 11.5 Å². The zero-order chi connectivity index (χ0) is 22.2. The van der Waals surface area contributed by atoms with E-state index in [0.29, 0.717) is 39.5 Å². The van der Waals surface area contributed by atoms with Crippen LogP contribution in [0.25, 0.3) is 0 Å². The Labute approximate surface area is 189 Å². The summed E-state index contributed by atoms with van der Waals surface area (Å²) in [6, 6.07) is 13.8. The molecule has 0 saturated heterocycles. The molecular weight excluding hydrogens is 438 g/mol. The number of methoxy groups -OCH3 is 1. The minimum absolute atomic E-state index is 0.169. The summed E-state index contributed by atoms with van der Waals surface area (Å²) in [5.41, 5.74) is 1.16. The molecule has 0 bridgehead atoms. The number of rotatable bonds is 9. The van der Waals surface area contributed by atoms with Crippen molar-refractivity contribution >= 4 is 40.9 Å². The Kier molecular flexibility index (Phi) is 7.91. The van der Waals surface area contributed by atoms with Crippen LogP contribution in [0, 0.1) is 0 Å². The maximum atomic E-state index is 12.4. The highest BCUT2D eigenvalue weighted by atomic mass is 35.5. The summed E-state index contributed by atoms with van der Waals surface area (Å²) in [4.78, 5) is 24.6. The molecule has 2 N–H and O–H groups in total. The SMILES string of the molecule is CCn1c(CNC(=O)c2ccc(OC)cc2)nnc1SCC(=O)Nc1cccc(Cl)c1. The number of anilines is 1. The lowest BCUT2D eigenvalue weighted by Gasteiger charge is -2.09. The molecule has 2 amide bonds. The second kappa shape index (κ2) is 10.8. The number of hydrogen-bond acceptors (Lipinski definition) is 6. The smallest absolute Gasteiger partial charge is 0.251 e. The summed E-state index contributed by atoms with van der Waals surface area (Å²) in [5, 5.41) is 15.1. The average Bonchev–Trinajstić information content (AvgIpc) is 3.18. The van der Waals surface area contributed by atoms with Crippen LogP contribution in [0.3, 0.4) is 0 Å². The van der Waals surface area contributed by atoms with Gasteiger partial charge in [-0.15, -0.1) is 10.2 Å². The van der Waals surface area contributed by atoms with Gasteiger partial charge in [-0.25, -0.2) is 0 Å². The lowest BCUT2D eigenvalue weighted by Crippen LogP contribution is -2.24. The Morgan fingerprint density at radius 2 is 1.94 bits per heavy atom. The third-order valence-electron chi connectivity index (χ3n) is 4.31. The number of aromatic nitrogens is 3. The third kappa shape index (κ3) is 6.22. The van der Waals surface area contributed by atoms with E-state index >= 15 is 0 Å². The quantitative estimate of drug-likeness (QED) is 0.474. The second-order valence-corrected chi connectivity index (χ2v) is 7.78. The first-order valence-electron chi connectivity index (χ1n) is 9.52. The van der Waals surface area contributed by atoms with Crippen LogP contribution >= 0.6 is 23.4 Å². The van der Waals surface area contributed by atoms with Gasteiger partial charge in [0.2, 0.25) is 5.91 Å². The van der Waals surface area contributed by atoms with Crippen molar-refractivity contribution in [2.75, 3.05) is 18.2 Å². The lowest BCUT2D eigenvalue weighted by molar-refractivity contribution is -0.113. The summed E-state index contributed by atoms with van der Waals surface area (Å²) >= 11 is 7.21. The van der Waals surface area contributed by atoms with Crippen molar-refractivity contribution < 1.29 is 14.3 Å². The average molecular weight is 460 g/mol. The summed E-state index contributed by atoms with van der Waals surface area (Å²) in [7, 11) is 1.57. The van der Waals surface area contributed by atoms with Crippen molar-refractivity contribution in [3.8, 4) is 5.75 Å². The fourth-order valence-electron chi connectivity index (χ4n) is 2.77. The van der Waals surface area contributed by atoms with Crippen molar-refractivity contribution in [1.82, 2.24) is 20.1 Å². The van der Waals surface area contributed by atoms with E-state index < -0.39 is 0 Å². The summed E-state index contributed by atoms with van der Waals surface area (Å²) < 4.78 is 6.97. The van der Waals surface area contributed by atoms with Crippen LogP contribution in [0.2, 0.25) is 5.02 Å². The first-order chi connectivity index (χ1) is 15.0. The number of carbonyl (C=O) groups excluding carboxylic acids is 2. The van der Waals surface area contributed by atoms with Crippen LogP contribution in [0.15, 0.2) is 53.7 Å². The van der Waals surface area contributed by atoms with Crippen LogP contribution in [0.4, 0.5) is 5.69 Å². The fraction of sp³-hybridized carbons (Fsp3) is 0.238. The molecule has 2 aromatic carbocycles. The van der Waals surface area contributed by atoms with Gasteiger partial charge in [-0.2, -0.15) is 0 Å². The summed E-state index contributed by atoms with van der Waals surface area (Å²) in [6.45, 7) is 2.79. The molecule has 0 atom stereocenters. The van der Waals surface area contributed by atoms with E-state index in [9.17, 15) is 9.59 Å². The van der Waals surface area contributed by atoms with Gasteiger partial charge in [-0.3, -0.25) is 9.59 Å². The molecule has 3 aromatic rings. The molecule has 3 rings (SSSR count).